The van der Waals surface area contributed by atoms with E-state index in [2.05, 4.69) is 21.8 Å². The molecule has 10 heteroatoms. The molecule has 0 saturated carbocycles. The minimum atomic E-state index is -0.618. The number of ether oxygens (including phenoxy) is 1. The Hall–Kier alpha value is -1.87. The van der Waals surface area contributed by atoms with Gasteiger partial charge in [0, 0.05) is 19.6 Å². The zero-order chi connectivity index (χ0) is 21.8. The lowest BCUT2D eigenvalue weighted by molar-refractivity contribution is 0.0199. The van der Waals surface area contributed by atoms with Gasteiger partial charge in [0.05, 0.1) is 17.1 Å². The van der Waals surface area contributed by atoms with E-state index in [-0.39, 0.29) is 28.7 Å². The highest BCUT2D eigenvalue weighted by molar-refractivity contribution is 7.98. The second-order valence-corrected chi connectivity index (χ2v) is 9.92. The summed E-state index contributed by atoms with van der Waals surface area (Å²) in [5.74, 6) is 0.188. The first-order valence-corrected chi connectivity index (χ1v) is 11.5. The van der Waals surface area contributed by atoms with E-state index < -0.39 is 11.4 Å². The number of carbonyl (C=O) groups is 1. The molecule has 0 bridgehead atoms. The van der Waals surface area contributed by atoms with Gasteiger partial charge in [-0.05, 0) is 39.4 Å². The summed E-state index contributed by atoms with van der Waals surface area (Å²) in [6, 6.07) is -0.00453. The van der Waals surface area contributed by atoms with Gasteiger partial charge >= 0.3 is 6.09 Å². The summed E-state index contributed by atoms with van der Waals surface area (Å²) in [4.78, 5) is 30.0. The Bertz CT molecular complexity index is 1020. The summed E-state index contributed by atoms with van der Waals surface area (Å²) in [5.41, 5.74) is 0.357. The quantitative estimate of drug-likeness (QED) is 0.364. The lowest BCUT2D eigenvalue weighted by Gasteiger charge is -2.43. The molecule has 1 fully saturated rings. The highest BCUT2D eigenvalue weighted by Crippen LogP contribution is 2.39. The molecular formula is C20H25ClFN5O2S. The third kappa shape index (κ3) is 3.77. The number of fused-ring (bicyclic) bond motifs is 2. The van der Waals surface area contributed by atoms with Crippen molar-refractivity contribution in [3.63, 3.8) is 0 Å². The smallest absolute Gasteiger partial charge is 0.410 e. The van der Waals surface area contributed by atoms with Crippen molar-refractivity contribution in [3.05, 3.63) is 16.7 Å². The predicted molar refractivity (Wildman–Crippen MR) is 116 cm³/mol. The molecule has 7 nitrogen and oxygen atoms in total. The molecule has 1 amide bonds. The summed E-state index contributed by atoms with van der Waals surface area (Å²) < 4.78 is 20.4. The Morgan fingerprint density at radius 2 is 2.00 bits per heavy atom. The number of hydrogen-bond donors (Lipinski definition) is 0. The van der Waals surface area contributed by atoms with Gasteiger partial charge in [-0.15, -0.1) is 0 Å². The molecule has 0 N–H and O–H groups in total. The third-order valence-electron chi connectivity index (χ3n) is 5.48. The largest absolute Gasteiger partial charge is 0.444 e. The molecule has 2 aliphatic rings. The number of rotatable bonds is 1. The molecule has 162 valence electrons. The van der Waals surface area contributed by atoms with E-state index in [1.54, 1.807) is 4.90 Å². The van der Waals surface area contributed by atoms with Crippen molar-refractivity contribution >= 4 is 46.2 Å². The molecule has 0 aromatic carbocycles. The number of amides is 1. The molecule has 1 saturated heterocycles. The van der Waals surface area contributed by atoms with Gasteiger partial charge in [-0.3, -0.25) is 0 Å². The average molecular weight is 454 g/mol. The summed E-state index contributed by atoms with van der Waals surface area (Å²) in [7, 11) is 0. The monoisotopic (exact) mass is 453 g/mol. The first-order chi connectivity index (χ1) is 14.1. The number of halogens is 2. The fraction of sp³-hybridized carbons (Fsp3) is 0.600. The van der Waals surface area contributed by atoms with Gasteiger partial charge in [0.25, 0.3) is 0 Å². The summed E-state index contributed by atoms with van der Waals surface area (Å²) >= 11 is 7.44. The topological polar surface area (TPSA) is 71.5 Å². The Kier molecular flexibility index (Phi) is 5.47. The normalized spacial score (nSPS) is 21.4. The van der Waals surface area contributed by atoms with Crippen LogP contribution in [0.25, 0.3) is 10.9 Å². The van der Waals surface area contributed by atoms with Crippen LogP contribution in [-0.4, -0.2) is 63.5 Å². The lowest BCUT2D eigenvalue weighted by atomic mass is 9.94. The van der Waals surface area contributed by atoms with Crippen molar-refractivity contribution in [1.29, 1.82) is 0 Å². The number of piperazine rings is 1. The summed E-state index contributed by atoms with van der Waals surface area (Å²) in [6.45, 7) is 9.25. The van der Waals surface area contributed by atoms with Gasteiger partial charge in [-0.1, -0.05) is 30.3 Å². The van der Waals surface area contributed by atoms with Gasteiger partial charge in [0.1, 0.15) is 16.9 Å². The van der Waals surface area contributed by atoms with Crippen LogP contribution in [0, 0.1) is 11.7 Å². The van der Waals surface area contributed by atoms with Crippen molar-refractivity contribution in [2.45, 2.75) is 50.9 Å². The second-order valence-electron chi connectivity index (χ2n) is 8.79. The molecule has 30 heavy (non-hydrogen) atoms. The fourth-order valence-corrected chi connectivity index (χ4v) is 4.67. The molecule has 0 radical (unpaired) electrons. The maximum atomic E-state index is 14.8. The molecule has 2 atom stereocenters. The standard InChI is InChI=1S/C20H25ClFN5O2S/c1-10-8-11-13-15(14(22)16(21)23-11)24-18(30-5)25-17(13)27-7-6-26(9-12(10)27)19(28)29-20(2,3)4/h10,12H,6-9H2,1-5H3/t10-,12+/m1/s1. The lowest BCUT2D eigenvalue weighted by Crippen LogP contribution is -2.58. The molecule has 2 aromatic heterocycles. The Labute approximate surface area is 184 Å². The van der Waals surface area contributed by atoms with Crippen LogP contribution in [0.15, 0.2) is 5.16 Å². The molecule has 2 aliphatic heterocycles. The molecule has 0 aliphatic carbocycles. The second kappa shape index (κ2) is 7.67. The Morgan fingerprint density at radius 1 is 1.27 bits per heavy atom. The fourth-order valence-electron chi connectivity index (χ4n) is 4.11. The maximum absolute atomic E-state index is 14.8. The molecule has 2 aromatic rings. The zero-order valence-corrected chi connectivity index (χ0v) is 19.3. The molecule has 0 unspecified atom stereocenters. The van der Waals surface area contributed by atoms with E-state index in [1.807, 2.05) is 27.0 Å². The van der Waals surface area contributed by atoms with Crippen LogP contribution in [0.4, 0.5) is 15.0 Å². The SMILES string of the molecule is CSc1nc2c3c(nc(Cl)c(F)c3n1)C[C@@H](C)[C@@H]1CN(C(=O)OC(C)(C)C)CCN21. The van der Waals surface area contributed by atoms with Gasteiger partial charge in [-0.2, -0.15) is 0 Å². The predicted octanol–water partition coefficient (Wildman–Crippen LogP) is 4.16. The van der Waals surface area contributed by atoms with E-state index in [0.29, 0.717) is 48.1 Å². The van der Waals surface area contributed by atoms with E-state index in [4.69, 9.17) is 21.3 Å². The summed E-state index contributed by atoms with van der Waals surface area (Å²) in [5, 5.41) is 0.930. The van der Waals surface area contributed by atoms with E-state index in [0.717, 1.165) is 0 Å². The highest BCUT2D eigenvalue weighted by Gasteiger charge is 2.39. The van der Waals surface area contributed by atoms with E-state index in [9.17, 15) is 9.18 Å². The van der Waals surface area contributed by atoms with E-state index in [1.165, 1.54) is 11.8 Å². The Balaban J connectivity index is 1.77. The van der Waals surface area contributed by atoms with Crippen molar-refractivity contribution in [1.82, 2.24) is 19.9 Å². The minimum Gasteiger partial charge on any atom is -0.444 e. The number of hydrogen-bond acceptors (Lipinski definition) is 7. The zero-order valence-electron chi connectivity index (χ0n) is 17.7. The minimum absolute atomic E-state index is 0.00453. The van der Waals surface area contributed by atoms with Crippen LogP contribution in [0.1, 0.15) is 33.4 Å². The average Bonchev–Trinajstić information content (AvgIpc) is 2.79. The van der Waals surface area contributed by atoms with Crippen molar-refractivity contribution < 1.29 is 13.9 Å². The number of pyridine rings is 1. The number of anilines is 1. The first kappa shape index (κ1) is 21.4. The van der Waals surface area contributed by atoms with Gasteiger partial charge in [-0.25, -0.2) is 24.1 Å². The molecule has 0 spiro atoms. The van der Waals surface area contributed by atoms with Crippen LogP contribution in [0.2, 0.25) is 5.15 Å². The van der Waals surface area contributed by atoms with Gasteiger partial charge < -0.3 is 14.5 Å². The maximum Gasteiger partial charge on any atom is 0.410 e. The van der Waals surface area contributed by atoms with Crippen LogP contribution >= 0.6 is 23.4 Å². The number of nitrogens with zero attached hydrogens (tertiary/aromatic N) is 5. The van der Waals surface area contributed by atoms with Crippen molar-refractivity contribution in [3.8, 4) is 0 Å². The molecular weight excluding hydrogens is 429 g/mol. The van der Waals surface area contributed by atoms with Crippen LogP contribution in [0.3, 0.4) is 0 Å². The Morgan fingerprint density at radius 3 is 2.67 bits per heavy atom. The van der Waals surface area contributed by atoms with Crippen LogP contribution < -0.4 is 4.90 Å². The third-order valence-corrected chi connectivity index (χ3v) is 6.28. The number of thioether (sulfide) groups is 1. The highest BCUT2D eigenvalue weighted by atomic mass is 35.5. The van der Waals surface area contributed by atoms with Crippen LogP contribution in [-0.2, 0) is 11.2 Å². The van der Waals surface area contributed by atoms with Gasteiger partial charge in [0.2, 0.25) is 0 Å². The van der Waals surface area contributed by atoms with Crippen LogP contribution in [0.5, 0.6) is 0 Å². The summed E-state index contributed by atoms with van der Waals surface area (Å²) in [6.07, 6.45) is 2.13. The van der Waals surface area contributed by atoms with Gasteiger partial charge in [0.15, 0.2) is 16.1 Å². The molecule has 4 heterocycles. The number of carbonyl (C=O) groups excluding carboxylic acids is 1. The first-order valence-electron chi connectivity index (χ1n) is 9.93. The molecule has 4 rings (SSSR count). The number of aromatic nitrogens is 3. The van der Waals surface area contributed by atoms with Crippen molar-refractivity contribution in [2.24, 2.45) is 5.92 Å². The van der Waals surface area contributed by atoms with E-state index >= 15 is 0 Å². The van der Waals surface area contributed by atoms with Crippen molar-refractivity contribution in [2.75, 3.05) is 30.8 Å².